The fourth-order valence-corrected chi connectivity index (χ4v) is 3.74. The highest BCUT2D eigenvalue weighted by Gasteiger charge is 2.14. The third-order valence-electron chi connectivity index (χ3n) is 3.65. The first-order valence-electron chi connectivity index (χ1n) is 7.41. The predicted molar refractivity (Wildman–Crippen MR) is 103 cm³/mol. The molecule has 0 aliphatic rings. The van der Waals surface area contributed by atoms with Crippen molar-refractivity contribution in [3.8, 4) is 11.3 Å². The van der Waals surface area contributed by atoms with E-state index in [4.69, 9.17) is 27.6 Å². The SMILES string of the molecule is O=c1oc2c(Cl)cc(Cl)cc2cc1-c1csc(Nc2ccccc2F)n1. The molecule has 26 heavy (non-hydrogen) atoms. The van der Waals surface area contributed by atoms with Crippen LogP contribution in [0.4, 0.5) is 15.2 Å². The van der Waals surface area contributed by atoms with Crippen molar-refractivity contribution in [3.05, 3.63) is 74.1 Å². The van der Waals surface area contributed by atoms with Gasteiger partial charge in [-0.15, -0.1) is 11.3 Å². The van der Waals surface area contributed by atoms with Gasteiger partial charge in [-0.05, 0) is 30.3 Å². The van der Waals surface area contributed by atoms with E-state index in [1.807, 2.05) is 0 Å². The first-order chi connectivity index (χ1) is 12.5. The number of rotatable bonds is 3. The predicted octanol–water partition coefficient (Wildman–Crippen LogP) is 6.11. The molecular formula is C18H9Cl2FN2O2S. The Morgan fingerprint density at radius 3 is 2.77 bits per heavy atom. The smallest absolute Gasteiger partial charge is 0.345 e. The Morgan fingerprint density at radius 1 is 1.15 bits per heavy atom. The molecule has 130 valence electrons. The van der Waals surface area contributed by atoms with Gasteiger partial charge in [-0.1, -0.05) is 35.3 Å². The molecule has 2 aromatic carbocycles. The fourth-order valence-electron chi connectivity index (χ4n) is 2.47. The zero-order valence-corrected chi connectivity index (χ0v) is 15.3. The first-order valence-corrected chi connectivity index (χ1v) is 9.05. The average Bonchev–Trinajstić information content (AvgIpc) is 3.05. The van der Waals surface area contributed by atoms with Crippen LogP contribution in [-0.2, 0) is 0 Å². The molecule has 4 aromatic rings. The summed E-state index contributed by atoms with van der Waals surface area (Å²) in [5.41, 5.74) is 0.695. The van der Waals surface area contributed by atoms with Crippen LogP contribution in [0.2, 0.25) is 10.0 Å². The Labute approximate surface area is 160 Å². The standard InChI is InChI=1S/C18H9Cl2FN2O2S/c19-10-5-9-6-11(17(24)25-16(9)12(20)7-10)15-8-26-18(23-15)22-14-4-2-1-3-13(14)21/h1-8H,(H,22,23). The van der Waals surface area contributed by atoms with Gasteiger partial charge in [0.25, 0.3) is 0 Å². The van der Waals surface area contributed by atoms with E-state index < -0.39 is 11.4 Å². The Bertz CT molecular complexity index is 1190. The molecule has 0 radical (unpaired) electrons. The van der Waals surface area contributed by atoms with Gasteiger partial charge in [0.1, 0.15) is 5.82 Å². The van der Waals surface area contributed by atoms with Gasteiger partial charge in [0, 0.05) is 15.8 Å². The minimum absolute atomic E-state index is 0.260. The van der Waals surface area contributed by atoms with Crippen LogP contribution in [0, 0.1) is 5.82 Å². The van der Waals surface area contributed by atoms with Crippen molar-refractivity contribution in [2.75, 3.05) is 5.32 Å². The third kappa shape index (κ3) is 3.19. The van der Waals surface area contributed by atoms with E-state index in [-0.39, 0.29) is 16.2 Å². The summed E-state index contributed by atoms with van der Waals surface area (Å²) in [4.78, 5) is 16.7. The van der Waals surface area contributed by atoms with Crippen LogP contribution >= 0.6 is 34.5 Å². The number of fused-ring (bicyclic) bond motifs is 1. The Balaban J connectivity index is 1.74. The van der Waals surface area contributed by atoms with Gasteiger partial charge in [-0.25, -0.2) is 14.2 Å². The zero-order chi connectivity index (χ0) is 18.3. The van der Waals surface area contributed by atoms with E-state index in [2.05, 4.69) is 10.3 Å². The molecule has 2 heterocycles. The normalized spacial score (nSPS) is 11.0. The molecule has 1 N–H and O–H groups in total. The van der Waals surface area contributed by atoms with Crippen LogP contribution in [-0.4, -0.2) is 4.98 Å². The summed E-state index contributed by atoms with van der Waals surface area (Å²) in [7, 11) is 0. The second-order valence-electron chi connectivity index (χ2n) is 5.40. The van der Waals surface area contributed by atoms with Gasteiger partial charge in [0.05, 0.1) is 22.0 Å². The maximum atomic E-state index is 13.7. The van der Waals surface area contributed by atoms with Gasteiger partial charge < -0.3 is 9.73 Å². The molecule has 8 heteroatoms. The average molecular weight is 407 g/mol. The number of nitrogens with one attached hydrogen (secondary N) is 1. The monoisotopic (exact) mass is 406 g/mol. The second kappa shape index (κ2) is 6.72. The summed E-state index contributed by atoms with van der Waals surface area (Å²) in [6, 6.07) is 11.1. The summed E-state index contributed by atoms with van der Waals surface area (Å²) < 4.78 is 19.1. The maximum absolute atomic E-state index is 13.7. The van der Waals surface area contributed by atoms with Crippen LogP contribution in [0.25, 0.3) is 22.2 Å². The number of thiazole rings is 1. The molecule has 0 aliphatic carbocycles. The molecule has 0 fully saturated rings. The molecule has 0 spiro atoms. The van der Waals surface area contributed by atoms with E-state index in [9.17, 15) is 9.18 Å². The lowest BCUT2D eigenvalue weighted by atomic mass is 10.1. The number of hydrogen-bond acceptors (Lipinski definition) is 5. The van der Waals surface area contributed by atoms with Crippen LogP contribution < -0.4 is 10.9 Å². The Morgan fingerprint density at radius 2 is 1.96 bits per heavy atom. The number of hydrogen-bond donors (Lipinski definition) is 1. The summed E-state index contributed by atoms with van der Waals surface area (Å²) in [5.74, 6) is -0.390. The summed E-state index contributed by atoms with van der Waals surface area (Å²) in [5, 5.41) is 6.32. The van der Waals surface area contributed by atoms with Crippen molar-refractivity contribution in [1.82, 2.24) is 4.98 Å². The molecule has 4 rings (SSSR count). The molecule has 0 aliphatic heterocycles. The second-order valence-corrected chi connectivity index (χ2v) is 7.10. The van der Waals surface area contributed by atoms with Gasteiger partial charge in [0.15, 0.2) is 10.7 Å². The van der Waals surface area contributed by atoms with Crippen molar-refractivity contribution >= 4 is 56.3 Å². The lowest BCUT2D eigenvalue weighted by Crippen LogP contribution is -2.03. The van der Waals surface area contributed by atoms with Crippen LogP contribution in [0.1, 0.15) is 0 Å². The van der Waals surface area contributed by atoms with Crippen molar-refractivity contribution in [3.63, 3.8) is 0 Å². The van der Waals surface area contributed by atoms with Crippen molar-refractivity contribution in [2.45, 2.75) is 0 Å². The zero-order valence-electron chi connectivity index (χ0n) is 12.9. The van der Waals surface area contributed by atoms with Crippen LogP contribution in [0.5, 0.6) is 0 Å². The molecule has 4 nitrogen and oxygen atoms in total. The molecule has 0 saturated carbocycles. The van der Waals surface area contributed by atoms with E-state index in [1.54, 1.807) is 35.7 Å². The van der Waals surface area contributed by atoms with Gasteiger partial charge in [0.2, 0.25) is 0 Å². The Kier molecular flexibility index (Phi) is 4.40. The minimum atomic E-state index is -0.565. The lowest BCUT2D eigenvalue weighted by Gasteiger charge is -2.04. The maximum Gasteiger partial charge on any atom is 0.345 e. The summed E-state index contributed by atoms with van der Waals surface area (Å²) in [6.07, 6.45) is 0. The highest BCUT2D eigenvalue weighted by Crippen LogP contribution is 2.31. The number of nitrogens with zero attached hydrogens (tertiary/aromatic N) is 1. The molecule has 0 amide bonds. The molecule has 2 aromatic heterocycles. The van der Waals surface area contributed by atoms with E-state index in [0.29, 0.717) is 26.9 Å². The number of benzene rings is 2. The molecule has 0 saturated heterocycles. The van der Waals surface area contributed by atoms with E-state index in [1.165, 1.54) is 23.5 Å². The largest absolute Gasteiger partial charge is 0.421 e. The fraction of sp³-hybridized carbons (Fsp3) is 0. The number of anilines is 2. The topological polar surface area (TPSA) is 55.1 Å². The first kappa shape index (κ1) is 17.0. The molecule has 0 unspecified atom stereocenters. The van der Waals surface area contributed by atoms with E-state index >= 15 is 0 Å². The highest BCUT2D eigenvalue weighted by molar-refractivity contribution is 7.14. The van der Waals surface area contributed by atoms with Gasteiger partial charge in [-0.2, -0.15) is 0 Å². The lowest BCUT2D eigenvalue weighted by molar-refractivity contribution is 0.563. The van der Waals surface area contributed by atoms with Crippen molar-refractivity contribution < 1.29 is 8.81 Å². The van der Waals surface area contributed by atoms with Crippen LogP contribution in [0.15, 0.2) is 57.1 Å². The minimum Gasteiger partial charge on any atom is -0.421 e. The molecule has 0 atom stereocenters. The van der Waals surface area contributed by atoms with Crippen molar-refractivity contribution in [1.29, 1.82) is 0 Å². The number of halogens is 3. The molecule has 0 bridgehead atoms. The van der Waals surface area contributed by atoms with Crippen molar-refractivity contribution in [2.24, 2.45) is 0 Å². The summed E-state index contributed by atoms with van der Waals surface area (Å²) in [6.45, 7) is 0. The quantitative estimate of drug-likeness (QED) is 0.417. The van der Waals surface area contributed by atoms with Gasteiger partial charge in [-0.3, -0.25) is 0 Å². The number of aromatic nitrogens is 1. The van der Waals surface area contributed by atoms with Crippen LogP contribution in [0.3, 0.4) is 0 Å². The molecular weight excluding hydrogens is 398 g/mol. The Hall–Kier alpha value is -2.41. The summed E-state index contributed by atoms with van der Waals surface area (Å²) >= 11 is 13.3. The van der Waals surface area contributed by atoms with E-state index in [0.717, 1.165) is 0 Å². The highest BCUT2D eigenvalue weighted by atomic mass is 35.5. The third-order valence-corrected chi connectivity index (χ3v) is 4.90. The number of para-hydroxylation sites is 1. The van der Waals surface area contributed by atoms with Gasteiger partial charge >= 0.3 is 5.63 Å².